The smallest absolute Gasteiger partial charge is 0.163 e. The molecule has 0 spiro atoms. The van der Waals surface area contributed by atoms with Crippen molar-refractivity contribution in [1.82, 2.24) is 19.9 Å². The molecule has 0 fully saturated rings. The van der Waals surface area contributed by atoms with Crippen LogP contribution >= 0.6 is 11.8 Å². The van der Waals surface area contributed by atoms with Gasteiger partial charge in [-0.3, -0.25) is 0 Å². The number of aromatic nitrogens is 4. The number of fused-ring (bicyclic) bond motifs is 1. The summed E-state index contributed by atoms with van der Waals surface area (Å²) in [6, 6.07) is 0. The minimum absolute atomic E-state index is 0.307. The highest BCUT2D eigenvalue weighted by molar-refractivity contribution is 7.99. The molecule has 2 aromatic heterocycles. The molecule has 0 bridgehead atoms. The second-order valence-corrected chi connectivity index (χ2v) is 10.4. The molecule has 182 valence electrons. The number of H-pyrrole nitrogens is 1. The van der Waals surface area contributed by atoms with Gasteiger partial charge in [0.2, 0.25) is 0 Å². The molecule has 0 aliphatic carbocycles. The van der Waals surface area contributed by atoms with Crippen LogP contribution in [0.25, 0.3) is 11.2 Å². The first kappa shape index (κ1) is 26.9. The quantitative estimate of drug-likeness (QED) is 0.193. The number of nitrogens with two attached hydrogens (primary N) is 1. The van der Waals surface area contributed by atoms with Crippen LogP contribution in [-0.2, 0) is 0 Å². The van der Waals surface area contributed by atoms with Gasteiger partial charge in [-0.25, -0.2) is 15.0 Å². The van der Waals surface area contributed by atoms with Crippen LogP contribution in [0.15, 0.2) is 6.33 Å². The Kier molecular flexibility index (Phi) is 14.5. The average molecular weight is 462 g/mol. The summed E-state index contributed by atoms with van der Waals surface area (Å²) in [5.74, 6) is 2.48. The first-order valence-corrected chi connectivity index (χ1v) is 14.4. The Bertz CT molecular complexity index is 717. The van der Waals surface area contributed by atoms with Crippen molar-refractivity contribution in [3.8, 4) is 0 Å². The van der Waals surface area contributed by atoms with Crippen LogP contribution in [0.5, 0.6) is 0 Å². The normalized spacial score (nSPS) is 12.6. The van der Waals surface area contributed by atoms with Gasteiger partial charge in [0, 0.05) is 0 Å². The maximum Gasteiger partial charge on any atom is 0.163 e. The van der Waals surface area contributed by atoms with Crippen LogP contribution in [0.1, 0.15) is 134 Å². The Labute approximate surface area is 200 Å². The van der Waals surface area contributed by atoms with E-state index in [0.29, 0.717) is 16.6 Å². The molecule has 0 radical (unpaired) electrons. The Hall–Kier alpha value is -1.30. The van der Waals surface area contributed by atoms with Crippen molar-refractivity contribution in [3.63, 3.8) is 0 Å². The van der Waals surface area contributed by atoms with Crippen LogP contribution in [-0.4, -0.2) is 25.7 Å². The standard InChI is InChI=1S/C26H47N5S/c1-3-5-6-7-8-9-10-11-12-13-14-15-16-17-18-19-20-32-22(4-2)25-30-24(27)23-26(31-25)29-21-28-23/h21-22H,3-20H2,1-2H3,(H3,27,28,29,30,31). The largest absolute Gasteiger partial charge is 0.382 e. The molecule has 0 saturated heterocycles. The predicted molar refractivity (Wildman–Crippen MR) is 141 cm³/mol. The number of anilines is 1. The molecule has 5 nitrogen and oxygen atoms in total. The molecule has 2 aromatic rings. The lowest BCUT2D eigenvalue weighted by Crippen LogP contribution is -2.05. The molecular formula is C26H47N5S. The minimum atomic E-state index is 0.307. The fraction of sp³-hybridized carbons (Fsp3) is 0.808. The number of thioether (sulfide) groups is 1. The van der Waals surface area contributed by atoms with Crippen LogP contribution in [0.2, 0.25) is 0 Å². The number of hydrogen-bond donors (Lipinski definition) is 2. The number of nitrogens with zero attached hydrogens (tertiary/aromatic N) is 3. The van der Waals surface area contributed by atoms with Crippen molar-refractivity contribution in [1.29, 1.82) is 0 Å². The van der Waals surface area contributed by atoms with Crippen molar-refractivity contribution in [2.45, 2.75) is 128 Å². The highest BCUT2D eigenvalue weighted by Gasteiger charge is 2.16. The van der Waals surface area contributed by atoms with Crippen molar-refractivity contribution >= 4 is 28.7 Å². The third kappa shape index (κ3) is 10.5. The highest BCUT2D eigenvalue weighted by Crippen LogP contribution is 2.32. The van der Waals surface area contributed by atoms with Crippen LogP contribution in [0.3, 0.4) is 0 Å². The number of imidazole rings is 1. The highest BCUT2D eigenvalue weighted by atomic mass is 32.2. The van der Waals surface area contributed by atoms with Gasteiger partial charge in [0.05, 0.1) is 11.6 Å². The topological polar surface area (TPSA) is 80.5 Å². The molecular weight excluding hydrogens is 414 g/mol. The summed E-state index contributed by atoms with van der Waals surface area (Å²) in [7, 11) is 0. The molecule has 0 saturated carbocycles. The van der Waals surface area contributed by atoms with E-state index in [1.54, 1.807) is 6.33 Å². The van der Waals surface area contributed by atoms with Gasteiger partial charge in [0.1, 0.15) is 11.3 Å². The van der Waals surface area contributed by atoms with E-state index in [0.717, 1.165) is 17.9 Å². The number of unbranched alkanes of at least 4 members (excludes halogenated alkanes) is 15. The molecule has 32 heavy (non-hydrogen) atoms. The molecule has 1 unspecified atom stereocenters. The van der Waals surface area contributed by atoms with E-state index < -0.39 is 0 Å². The second-order valence-electron chi connectivity index (χ2n) is 9.14. The molecule has 0 aromatic carbocycles. The summed E-state index contributed by atoms with van der Waals surface area (Å²) >= 11 is 1.97. The Morgan fingerprint density at radius 1 is 0.781 bits per heavy atom. The predicted octanol–water partition coefficient (Wildman–Crippen LogP) is 8.38. The zero-order chi connectivity index (χ0) is 22.9. The summed E-state index contributed by atoms with van der Waals surface area (Å²) in [5.41, 5.74) is 7.46. The van der Waals surface area contributed by atoms with Crippen molar-refractivity contribution in [2.24, 2.45) is 0 Å². The van der Waals surface area contributed by atoms with Crippen LogP contribution in [0, 0.1) is 0 Å². The third-order valence-electron chi connectivity index (χ3n) is 6.30. The summed E-state index contributed by atoms with van der Waals surface area (Å²) < 4.78 is 0. The Morgan fingerprint density at radius 3 is 1.84 bits per heavy atom. The maximum absolute atomic E-state index is 6.05. The van der Waals surface area contributed by atoms with Gasteiger partial charge in [-0.05, 0) is 18.6 Å². The van der Waals surface area contributed by atoms with E-state index in [2.05, 4.69) is 33.8 Å². The summed E-state index contributed by atoms with van der Waals surface area (Å²) in [4.78, 5) is 16.4. The third-order valence-corrected chi connectivity index (χ3v) is 7.77. The SMILES string of the molecule is CCCCCCCCCCCCCCCCCCSC(CC)c1nc(N)c2nc[nH]c2n1. The molecule has 2 heterocycles. The van der Waals surface area contributed by atoms with E-state index >= 15 is 0 Å². The summed E-state index contributed by atoms with van der Waals surface area (Å²) in [5, 5.41) is 0.307. The minimum Gasteiger partial charge on any atom is -0.382 e. The Morgan fingerprint density at radius 2 is 1.31 bits per heavy atom. The molecule has 3 N–H and O–H groups in total. The number of hydrogen-bond acceptors (Lipinski definition) is 5. The number of nitrogens with one attached hydrogen (secondary N) is 1. The molecule has 2 rings (SSSR count). The van der Waals surface area contributed by atoms with Crippen LogP contribution in [0.4, 0.5) is 5.82 Å². The van der Waals surface area contributed by atoms with Crippen molar-refractivity contribution in [2.75, 3.05) is 11.5 Å². The number of aromatic amines is 1. The van der Waals surface area contributed by atoms with E-state index in [4.69, 9.17) is 5.73 Å². The van der Waals surface area contributed by atoms with Crippen molar-refractivity contribution < 1.29 is 0 Å². The van der Waals surface area contributed by atoms with E-state index in [1.165, 1.54) is 108 Å². The lowest BCUT2D eigenvalue weighted by Gasteiger charge is -2.13. The molecule has 0 amide bonds. The van der Waals surface area contributed by atoms with Gasteiger partial charge < -0.3 is 10.7 Å². The lowest BCUT2D eigenvalue weighted by atomic mass is 10.0. The van der Waals surface area contributed by atoms with Gasteiger partial charge >= 0.3 is 0 Å². The molecule has 1 atom stereocenters. The van der Waals surface area contributed by atoms with Gasteiger partial charge in [0.15, 0.2) is 11.5 Å². The first-order valence-electron chi connectivity index (χ1n) is 13.3. The first-order chi connectivity index (χ1) is 15.8. The fourth-order valence-corrected chi connectivity index (χ4v) is 5.42. The summed E-state index contributed by atoms with van der Waals surface area (Å²) in [6.07, 6.45) is 25.3. The van der Waals surface area contributed by atoms with E-state index in [9.17, 15) is 0 Å². The summed E-state index contributed by atoms with van der Waals surface area (Å²) in [6.45, 7) is 4.49. The number of rotatable bonds is 20. The van der Waals surface area contributed by atoms with Crippen LogP contribution < -0.4 is 5.73 Å². The number of nitrogen functional groups attached to an aromatic ring is 1. The molecule has 0 aliphatic heterocycles. The van der Waals surface area contributed by atoms with Gasteiger partial charge in [-0.1, -0.05) is 110 Å². The molecule has 6 heteroatoms. The average Bonchev–Trinajstić information content (AvgIpc) is 3.28. The molecule has 0 aliphatic rings. The monoisotopic (exact) mass is 461 g/mol. The lowest BCUT2D eigenvalue weighted by molar-refractivity contribution is 0.531. The maximum atomic E-state index is 6.05. The van der Waals surface area contributed by atoms with E-state index in [1.807, 2.05) is 11.8 Å². The van der Waals surface area contributed by atoms with E-state index in [-0.39, 0.29) is 0 Å². The van der Waals surface area contributed by atoms with Gasteiger partial charge in [-0.15, -0.1) is 0 Å². The second kappa shape index (κ2) is 17.2. The van der Waals surface area contributed by atoms with Gasteiger partial charge in [-0.2, -0.15) is 11.8 Å². The van der Waals surface area contributed by atoms with Crippen molar-refractivity contribution in [3.05, 3.63) is 12.2 Å². The fourth-order valence-electron chi connectivity index (χ4n) is 4.27. The zero-order valence-electron chi connectivity index (χ0n) is 20.7. The van der Waals surface area contributed by atoms with Gasteiger partial charge in [0.25, 0.3) is 0 Å². The Balaban J connectivity index is 1.41. The zero-order valence-corrected chi connectivity index (χ0v) is 21.5.